The molecule has 0 saturated carbocycles. The molecule has 2 aromatic heterocycles. The van der Waals surface area contributed by atoms with Crippen LogP contribution in [0.15, 0.2) is 35.4 Å². The minimum absolute atomic E-state index is 0.0331. The van der Waals surface area contributed by atoms with Crippen molar-refractivity contribution in [2.75, 3.05) is 5.73 Å². The Labute approximate surface area is 143 Å². The largest absolute Gasteiger partial charge is 0.397 e. The predicted molar refractivity (Wildman–Crippen MR) is 95.0 cm³/mol. The Morgan fingerprint density at radius 1 is 1.26 bits per heavy atom. The molecule has 0 amide bonds. The fourth-order valence-corrected chi connectivity index (χ4v) is 3.12. The van der Waals surface area contributed by atoms with Crippen LogP contribution in [-0.2, 0) is 20.1 Å². The number of rotatable bonds is 4. The van der Waals surface area contributed by atoms with Gasteiger partial charge in [-0.1, -0.05) is 23.2 Å². The molecule has 120 valence electrons. The summed E-state index contributed by atoms with van der Waals surface area (Å²) in [5.74, 6) is 0. The summed E-state index contributed by atoms with van der Waals surface area (Å²) in [6.07, 6.45) is 3.42. The number of pyridine rings is 1. The summed E-state index contributed by atoms with van der Waals surface area (Å²) in [4.78, 5) is 14.6. The maximum absolute atomic E-state index is 11.6. The monoisotopic (exact) mass is 350 g/mol. The van der Waals surface area contributed by atoms with Crippen LogP contribution in [0.3, 0.4) is 0 Å². The minimum Gasteiger partial charge on any atom is -0.397 e. The topological polar surface area (TPSA) is 75.8 Å². The molecule has 1 aromatic carbocycles. The smallest absolute Gasteiger partial charge is 0.250 e. The van der Waals surface area contributed by atoms with Crippen molar-refractivity contribution in [1.82, 2.24) is 14.9 Å². The molecule has 4 N–H and O–H groups in total. The van der Waals surface area contributed by atoms with Gasteiger partial charge in [-0.3, -0.25) is 4.79 Å². The Kier molecular flexibility index (Phi) is 4.35. The highest BCUT2D eigenvalue weighted by molar-refractivity contribution is 6.42. The SMILES string of the molecule is Cn1ccc(CNCc2cc(Cl)c3c(Cl)c[nH]c3c2N)cc1=O. The van der Waals surface area contributed by atoms with Crippen molar-refractivity contribution in [3.63, 3.8) is 0 Å². The number of H-pyrrole nitrogens is 1. The molecule has 5 nitrogen and oxygen atoms in total. The first-order valence-electron chi connectivity index (χ1n) is 7.07. The lowest BCUT2D eigenvalue weighted by Gasteiger charge is -2.10. The van der Waals surface area contributed by atoms with Crippen molar-refractivity contribution in [1.29, 1.82) is 0 Å². The van der Waals surface area contributed by atoms with Crippen LogP contribution in [0.5, 0.6) is 0 Å². The number of aryl methyl sites for hydroxylation is 1. The summed E-state index contributed by atoms with van der Waals surface area (Å²) >= 11 is 12.4. The van der Waals surface area contributed by atoms with Crippen molar-refractivity contribution in [2.45, 2.75) is 13.1 Å². The van der Waals surface area contributed by atoms with E-state index in [4.69, 9.17) is 28.9 Å². The van der Waals surface area contributed by atoms with Crippen molar-refractivity contribution < 1.29 is 0 Å². The summed E-state index contributed by atoms with van der Waals surface area (Å²) in [6.45, 7) is 1.10. The van der Waals surface area contributed by atoms with Gasteiger partial charge in [-0.25, -0.2) is 0 Å². The van der Waals surface area contributed by atoms with Crippen molar-refractivity contribution in [3.05, 3.63) is 62.1 Å². The fourth-order valence-electron chi connectivity index (χ4n) is 2.50. The predicted octanol–water partition coefficient (Wildman–Crippen LogP) is 3.05. The van der Waals surface area contributed by atoms with Crippen molar-refractivity contribution >= 4 is 39.8 Å². The molecule has 0 bridgehead atoms. The highest BCUT2D eigenvalue weighted by Crippen LogP contribution is 2.35. The molecule has 0 atom stereocenters. The number of aromatic nitrogens is 2. The van der Waals surface area contributed by atoms with Gasteiger partial charge >= 0.3 is 0 Å². The van der Waals surface area contributed by atoms with Crippen LogP contribution in [0.1, 0.15) is 11.1 Å². The molecular formula is C16H16Cl2N4O. The third-order valence-corrected chi connectivity index (χ3v) is 4.40. The van der Waals surface area contributed by atoms with E-state index in [1.165, 1.54) is 4.57 Å². The molecule has 2 heterocycles. The second kappa shape index (κ2) is 6.28. The number of nitrogens with zero attached hydrogens (tertiary/aromatic N) is 1. The van der Waals surface area contributed by atoms with E-state index in [2.05, 4.69) is 10.3 Å². The maximum Gasteiger partial charge on any atom is 0.250 e. The zero-order valence-corrected chi connectivity index (χ0v) is 14.0. The number of nitrogens with one attached hydrogen (secondary N) is 2. The highest BCUT2D eigenvalue weighted by atomic mass is 35.5. The number of fused-ring (bicyclic) bond motifs is 1. The standard InChI is InChI=1S/C16H16Cl2N4O/c1-22-3-2-9(4-13(22)23)6-20-7-10-5-11(17)14-12(18)8-21-16(14)15(10)19/h2-5,8,20-21H,6-7,19H2,1H3. The van der Waals surface area contributed by atoms with E-state index in [-0.39, 0.29) is 5.56 Å². The molecule has 23 heavy (non-hydrogen) atoms. The third kappa shape index (κ3) is 3.08. The van der Waals surface area contributed by atoms with Gasteiger partial charge in [-0.15, -0.1) is 0 Å². The summed E-state index contributed by atoms with van der Waals surface area (Å²) in [5.41, 5.74) is 9.31. The van der Waals surface area contributed by atoms with E-state index in [0.29, 0.717) is 28.8 Å². The molecule has 0 spiro atoms. The molecule has 0 fully saturated rings. The molecule has 0 aliphatic heterocycles. The normalized spacial score (nSPS) is 11.3. The van der Waals surface area contributed by atoms with Crippen LogP contribution in [0, 0.1) is 0 Å². The van der Waals surface area contributed by atoms with Gasteiger partial charge in [0.05, 0.1) is 21.2 Å². The van der Waals surface area contributed by atoms with Crippen LogP contribution < -0.4 is 16.6 Å². The van der Waals surface area contributed by atoms with E-state index in [1.807, 2.05) is 12.1 Å². The molecule has 0 saturated heterocycles. The number of benzene rings is 1. The number of aromatic amines is 1. The quantitative estimate of drug-likeness (QED) is 0.633. The molecule has 7 heteroatoms. The van der Waals surface area contributed by atoms with Gasteiger partial charge in [0.15, 0.2) is 0 Å². The number of anilines is 1. The third-order valence-electron chi connectivity index (χ3n) is 3.80. The lowest BCUT2D eigenvalue weighted by molar-refractivity contribution is 0.690. The van der Waals surface area contributed by atoms with Gasteiger partial charge in [0.1, 0.15) is 0 Å². The lowest BCUT2D eigenvalue weighted by Crippen LogP contribution is -2.19. The molecule has 0 radical (unpaired) electrons. The molecule has 3 aromatic rings. The van der Waals surface area contributed by atoms with Crippen LogP contribution in [0.2, 0.25) is 10.0 Å². The first kappa shape index (κ1) is 15.9. The van der Waals surface area contributed by atoms with Gasteiger partial charge in [0, 0.05) is 44.0 Å². The first-order chi connectivity index (χ1) is 11.0. The summed E-state index contributed by atoms with van der Waals surface area (Å²) < 4.78 is 1.53. The maximum atomic E-state index is 11.6. The van der Waals surface area contributed by atoms with Crippen molar-refractivity contribution in [3.8, 4) is 0 Å². The van der Waals surface area contributed by atoms with Crippen LogP contribution in [0.4, 0.5) is 5.69 Å². The van der Waals surface area contributed by atoms with Gasteiger partial charge in [0.25, 0.3) is 5.56 Å². The summed E-state index contributed by atoms with van der Waals surface area (Å²) in [5, 5.41) is 5.12. The molecule has 0 aliphatic rings. The molecular weight excluding hydrogens is 335 g/mol. The first-order valence-corrected chi connectivity index (χ1v) is 7.82. The molecule has 0 unspecified atom stereocenters. The number of nitrogen functional groups attached to an aromatic ring is 1. The number of nitrogens with two attached hydrogens (primary N) is 1. The Hall–Kier alpha value is -1.95. The van der Waals surface area contributed by atoms with Gasteiger partial charge in [-0.2, -0.15) is 0 Å². The van der Waals surface area contributed by atoms with Crippen molar-refractivity contribution in [2.24, 2.45) is 7.05 Å². The van der Waals surface area contributed by atoms with E-state index < -0.39 is 0 Å². The van der Waals surface area contributed by atoms with Gasteiger partial charge in [0.2, 0.25) is 0 Å². The van der Waals surface area contributed by atoms with Gasteiger partial charge in [-0.05, 0) is 23.3 Å². The minimum atomic E-state index is -0.0331. The van der Waals surface area contributed by atoms with Crippen LogP contribution >= 0.6 is 23.2 Å². The fraction of sp³-hybridized carbons (Fsp3) is 0.188. The summed E-state index contributed by atoms with van der Waals surface area (Å²) in [7, 11) is 1.72. The van der Waals surface area contributed by atoms with Crippen LogP contribution in [-0.4, -0.2) is 9.55 Å². The van der Waals surface area contributed by atoms with E-state index in [0.717, 1.165) is 22.0 Å². The lowest BCUT2D eigenvalue weighted by atomic mass is 10.1. The van der Waals surface area contributed by atoms with E-state index >= 15 is 0 Å². The zero-order valence-electron chi connectivity index (χ0n) is 12.5. The van der Waals surface area contributed by atoms with Gasteiger partial charge < -0.3 is 20.6 Å². The number of hydrogen-bond acceptors (Lipinski definition) is 3. The number of hydrogen-bond donors (Lipinski definition) is 3. The van der Waals surface area contributed by atoms with E-state index in [1.54, 1.807) is 25.5 Å². The second-order valence-electron chi connectivity index (χ2n) is 5.41. The average Bonchev–Trinajstić information content (AvgIpc) is 2.90. The molecule has 3 rings (SSSR count). The van der Waals surface area contributed by atoms with Crippen LogP contribution in [0.25, 0.3) is 10.9 Å². The van der Waals surface area contributed by atoms with E-state index in [9.17, 15) is 4.79 Å². The summed E-state index contributed by atoms with van der Waals surface area (Å²) in [6, 6.07) is 5.33. The highest BCUT2D eigenvalue weighted by Gasteiger charge is 2.13. The average molecular weight is 351 g/mol. The Balaban J connectivity index is 1.78. The zero-order chi connectivity index (χ0) is 16.6. The second-order valence-corrected chi connectivity index (χ2v) is 6.22. The Bertz CT molecular complexity index is 930. The number of halogens is 2. The molecule has 0 aliphatic carbocycles. The Morgan fingerprint density at radius 3 is 2.78 bits per heavy atom. The Morgan fingerprint density at radius 2 is 2.04 bits per heavy atom.